The standard InChI is InChI=1S/C16H13ClO2S/c1-19-11-6-8-14-10(9-11)5-7-12-13(16(17)18)3-2-4-15(12)20-14/h2-4,6,8-9H,5,7H2,1H3. The van der Waals surface area contributed by atoms with Gasteiger partial charge in [-0.3, -0.25) is 4.79 Å². The van der Waals surface area contributed by atoms with Crippen LogP contribution in [0.3, 0.4) is 0 Å². The van der Waals surface area contributed by atoms with Crippen LogP contribution >= 0.6 is 23.4 Å². The van der Waals surface area contributed by atoms with E-state index >= 15 is 0 Å². The van der Waals surface area contributed by atoms with E-state index in [1.165, 1.54) is 10.5 Å². The van der Waals surface area contributed by atoms with Gasteiger partial charge in [0.2, 0.25) is 0 Å². The molecule has 0 N–H and O–H groups in total. The maximum absolute atomic E-state index is 11.5. The van der Waals surface area contributed by atoms with E-state index in [2.05, 4.69) is 12.1 Å². The number of hydrogen-bond acceptors (Lipinski definition) is 3. The first-order valence-corrected chi connectivity index (χ1v) is 7.55. The molecular weight excluding hydrogens is 292 g/mol. The lowest BCUT2D eigenvalue weighted by Gasteiger charge is -2.08. The predicted molar refractivity (Wildman–Crippen MR) is 81.2 cm³/mol. The molecule has 0 unspecified atom stereocenters. The van der Waals surface area contributed by atoms with E-state index in [0.29, 0.717) is 5.56 Å². The van der Waals surface area contributed by atoms with Gasteiger partial charge in [0, 0.05) is 15.4 Å². The quantitative estimate of drug-likeness (QED) is 0.773. The summed E-state index contributed by atoms with van der Waals surface area (Å²) in [4.78, 5) is 13.9. The Labute approximate surface area is 127 Å². The molecule has 1 aliphatic heterocycles. The molecule has 0 amide bonds. The highest BCUT2D eigenvalue weighted by molar-refractivity contribution is 7.99. The molecule has 20 heavy (non-hydrogen) atoms. The fourth-order valence-electron chi connectivity index (χ4n) is 2.46. The maximum Gasteiger partial charge on any atom is 0.252 e. The van der Waals surface area contributed by atoms with Gasteiger partial charge in [0.15, 0.2) is 0 Å². The minimum absolute atomic E-state index is 0.383. The number of ether oxygens (including phenoxy) is 1. The van der Waals surface area contributed by atoms with Crippen molar-refractivity contribution >= 4 is 28.6 Å². The molecule has 2 aromatic rings. The van der Waals surface area contributed by atoms with Crippen molar-refractivity contribution in [1.82, 2.24) is 0 Å². The average molecular weight is 305 g/mol. The fourth-order valence-corrected chi connectivity index (χ4v) is 3.78. The lowest BCUT2D eigenvalue weighted by atomic mass is 10.0. The molecule has 1 heterocycles. The first kappa shape index (κ1) is 13.5. The van der Waals surface area contributed by atoms with Gasteiger partial charge in [0.1, 0.15) is 5.75 Å². The highest BCUT2D eigenvalue weighted by atomic mass is 35.5. The van der Waals surface area contributed by atoms with E-state index in [0.717, 1.165) is 29.1 Å². The average Bonchev–Trinajstić information content (AvgIpc) is 2.64. The normalized spacial score (nSPS) is 13.1. The Morgan fingerprint density at radius 1 is 1.20 bits per heavy atom. The Hall–Kier alpha value is -1.45. The van der Waals surface area contributed by atoms with Gasteiger partial charge in [0.25, 0.3) is 5.24 Å². The van der Waals surface area contributed by atoms with Crippen LogP contribution in [0.15, 0.2) is 46.2 Å². The Morgan fingerprint density at radius 3 is 2.80 bits per heavy atom. The SMILES string of the molecule is COc1ccc2c(c1)CCc1c(cccc1C(=O)Cl)S2. The number of halogens is 1. The summed E-state index contributed by atoms with van der Waals surface area (Å²) < 4.78 is 5.28. The monoisotopic (exact) mass is 304 g/mol. The van der Waals surface area contributed by atoms with Crippen LogP contribution in [0, 0.1) is 0 Å². The van der Waals surface area contributed by atoms with Crippen molar-refractivity contribution in [3.05, 3.63) is 53.1 Å². The third-order valence-corrected chi connectivity index (χ3v) is 4.90. The molecular formula is C16H13ClO2S. The van der Waals surface area contributed by atoms with Crippen LogP contribution in [-0.2, 0) is 12.8 Å². The molecule has 0 aliphatic carbocycles. The van der Waals surface area contributed by atoms with Gasteiger partial charge in [-0.15, -0.1) is 0 Å². The van der Waals surface area contributed by atoms with Gasteiger partial charge in [-0.1, -0.05) is 17.8 Å². The lowest BCUT2D eigenvalue weighted by molar-refractivity contribution is 0.108. The molecule has 0 aromatic heterocycles. The molecule has 2 nitrogen and oxygen atoms in total. The summed E-state index contributed by atoms with van der Waals surface area (Å²) in [6.07, 6.45) is 1.70. The summed E-state index contributed by atoms with van der Waals surface area (Å²) in [7, 11) is 1.67. The van der Waals surface area contributed by atoms with Crippen LogP contribution in [0.25, 0.3) is 0 Å². The zero-order valence-electron chi connectivity index (χ0n) is 11.0. The Kier molecular flexibility index (Phi) is 3.72. The molecule has 0 fully saturated rings. The number of methoxy groups -OCH3 is 1. The van der Waals surface area contributed by atoms with Crippen molar-refractivity contribution in [2.24, 2.45) is 0 Å². The zero-order chi connectivity index (χ0) is 14.1. The van der Waals surface area contributed by atoms with Gasteiger partial charge >= 0.3 is 0 Å². The highest BCUT2D eigenvalue weighted by Crippen LogP contribution is 2.39. The molecule has 1 aliphatic rings. The number of benzene rings is 2. The summed E-state index contributed by atoms with van der Waals surface area (Å²) >= 11 is 7.37. The van der Waals surface area contributed by atoms with Gasteiger partial charge in [-0.2, -0.15) is 0 Å². The minimum Gasteiger partial charge on any atom is -0.497 e. The Bertz CT molecular complexity index is 682. The third-order valence-electron chi connectivity index (χ3n) is 3.48. The number of rotatable bonds is 2. The van der Waals surface area contributed by atoms with Crippen molar-refractivity contribution in [3.8, 4) is 5.75 Å². The Balaban J connectivity index is 2.06. The van der Waals surface area contributed by atoms with E-state index in [1.54, 1.807) is 24.9 Å². The van der Waals surface area contributed by atoms with E-state index in [9.17, 15) is 4.79 Å². The number of fused-ring (bicyclic) bond motifs is 2. The number of hydrogen-bond donors (Lipinski definition) is 0. The summed E-state index contributed by atoms with van der Waals surface area (Å²) in [5, 5.41) is -0.383. The van der Waals surface area contributed by atoms with Crippen molar-refractivity contribution in [3.63, 3.8) is 0 Å². The molecule has 3 rings (SSSR count). The summed E-state index contributed by atoms with van der Waals surface area (Å²) in [5.74, 6) is 0.865. The number of aryl methyl sites for hydroxylation is 1. The molecule has 0 bridgehead atoms. The smallest absolute Gasteiger partial charge is 0.252 e. The second-order valence-electron chi connectivity index (χ2n) is 4.63. The maximum atomic E-state index is 11.5. The van der Waals surface area contributed by atoms with E-state index in [-0.39, 0.29) is 5.24 Å². The molecule has 2 aromatic carbocycles. The zero-order valence-corrected chi connectivity index (χ0v) is 12.6. The van der Waals surface area contributed by atoms with Crippen molar-refractivity contribution in [2.45, 2.75) is 22.6 Å². The second kappa shape index (κ2) is 5.51. The van der Waals surface area contributed by atoms with Gasteiger partial charge in [-0.25, -0.2) is 0 Å². The molecule has 0 radical (unpaired) electrons. The molecule has 0 saturated heterocycles. The predicted octanol–water partition coefficient (Wildman–Crippen LogP) is 4.32. The van der Waals surface area contributed by atoms with Crippen LogP contribution < -0.4 is 4.74 Å². The number of carbonyl (C=O) groups is 1. The van der Waals surface area contributed by atoms with Crippen LogP contribution in [0.5, 0.6) is 5.75 Å². The molecule has 0 spiro atoms. The molecule has 102 valence electrons. The second-order valence-corrected chi connectivity index (χ2v) is 6.06. The van der Waals surface area contributed by atoms with Gasteiger partial charge in [-0.05, 0) is 65.9 Å². The fraction of sp³-hybridized carbons (Fsp3) is 0.188. The molecule has 0 atom stereocenters. The van der Waals surface area contributed by atoms with Crippen LogP contribution in [-0.4, -0.2) is 12.4 Å². The highest BCUT2D eigenvalue weighted by Gasteiger charge is 2.19. The van der Waals surface area contributed by atoms with Gasteiger partial charge < -0.3 is 4.74 Å². The summed E-state index contributed by atoms with van der Waals surface area (Å²) in [6, 6.07) is 11.8. The van der Waals surface area contributed by atoms with E-state index < -0.39 is 0 Å². The molecule has 4 heteroatoms. The van der Waals surface area contributed by atoms with Crippen molar-refractivity contribution < 1.29 is 9.53 Å². The van der Waals surface area contributed by atoms with Crippen molar-refractivity contribution in [1.29, 1.82) is 0 Å². The first-order chi connectivity index (χ1) is 9.69. The van der Waals surface area contributed by atoms with E-state index in [4.69, 9.17) is 16.3 Å². The molecule has 0 saturated carbocycles. The summed E-state index contributed by atoms with van der Waals surface area (Å²) in [5.41, 5.74) is 2.92. The number of carbonyl (C=O) groups excluding carboxylic acids is 1. The summed E-state index contributed by atoms with van der Waals surface area (Å²) in [6.45, 7) is 0. The topological polar surface area (TPSA) is 26.3 Å². The van der Waals surface area contributed by atoms with Crippen LogP contribution in [0.4, 0.5) is 0 Å². The van der Waals surface area contributed by atoms with Gasteiger partial charge in [0.05, 0.1) is 7.11 Å². The van der Waals surface area contributed by atoms with E-state index in [1.807, 2.05) is 18.2 Å². The Morgan fingerprint density at radius 2 is 2.05 bits per heavy atom. The van der Waals surface area contributed by atoms with Crippen LogP contribution in [0.1, 0.15) is 21.5 Å². The van der Waals surface area contributed by atoms with Crippen LogP contribution in [0.2, 0.25) is 0 Å². The minimum atomic E-state index is -0.383. The van der Waals surface area contributed by atoms with Crippen molar-refractivity contribution in [2.75, 3.05) is 7.11 Å². The largest absolute Gasteiger partial charge is 0.497 e. The third kappa shape index (κ3) is 2.43. The lowest BCUT2D eigenvalue weighted by Crippen LogP contribution is -2.00. The first-order valence-electron chi connectivity index (χ1n) is 6.35.